The van der Waals surface area contributed by atoms with Crippen molar-refractivity contribution in [1.29, 1.82) is 0 Å². The Hall–Kier alpha value is -1.18. The van der Waals surface area contributed by atoms with E-state index in [1.807, 2.05) is 6.07 Å². The number of rotatable bonds is 1. The minimum atomic E-state index is 0.639. The number of hydrogen-bond donors (Lipinski definition) is 1. The summed E-state index contributed by atoms with van der Waals surface area (Å²) in [4.78, 5) is 5.59. The lowest BCUT2D eigenvalue weighted by molar-refractivity contribution is 0.725. The fourth-order valence-corrected chi connectivity index (χ4v) is 1.63. The fourth-order valence-electron chi connectivity index (χ4n) is 0.918. The van der Waals surface area contributed by atoms with Gasteiger partial charge in [0, 0.05) is 0 Å². The molecule has 6 heteroatoms. The largest absolute Gasteiger partial charge is 0.397 e. The summed E-state index contributed by atoms with van der Waals surface area (Å²) in [6.07, 6.45) is 4.79. The molecule has 0 atom stereocenters. The van der Waals surface area contributed by atoms with Gasteiger partial charge in [-0.1, -0.05) is 0 Å². The maximum absolute atomic E-state index is 5.56. The highest BCUT2D eigenvalue weighted by Gasteiger charge is 2.04. The maximum atomic E-state index is 5.56. The van der Waals surface area contributed by atoms with Gasteiger partial charge < -0.3 is 5.73 Å². The van der Waals surface area contributed by atoms with Gasteiger partial charge in [-0.3, -0.25) is 0 Å². The van der Waals surface area contributed by atoms with Crippen molar-refractivity contribution in [2.45, 2.75) is 0 Å². The number of aromatic nitrogens is 4. The zero-order chi connectivity index (χ0) is 9.26. The normalized spacial score (nSPS) is 10.2. The van der Waals surface area contributed by atoms with Crippen LogP contribution in [0, 0.1) is 3.57 Å². The van der Waals surface area contributed by atoms with Crippen LogP contribution in [0.2, 0.25) is 0 Å². The van der Waals surface area contributed by atoms with E-state index in [2.05, 4.69) is 37.8 Å². The van der Waals surface area contributed by atoms with Gasteiger partial charge in [-0.2, -0.15) is 10.2 Å². The second-order valence-corrected chi connectivity index (χ2v) is 3.55. The molecule has 0 bridgehead atoms. The van der Waals surface area contributed by atoms with E-state index in [0.29, 0.717) is 11.5 Å². The lowest BCUT2D eigenvalue weighted by Gasteiger charge is -2.01. The van der Waals surface area contributed by atoms with Crippen LogP contribution in [0.3, 0.4) is 0 Å². The second-order valence-electron chi connectivity index (χ2n) is 2.39. The third kappa shape index (κ3) is 1.62. The predicted molar refractivity (Wildman–Crippen MR) is 56.3 cm³/mol. The highest BCUT2D eigenvalue weighted by molar-refractivity contribution is 14.1. The van der Waals surface area contributed by atoms with Crippen molar-refractivity contribution in [3.8, 4) is 5.82 Å². The monoisotopic (exact) mass is 287 g/mol. The van der Waals surface area contributed by atoms with Crippen LogP contribution in [0.15, 0.2) is 24.7 Å². The number of nitrogens with zero attached hydrogens (tertiary/aromatic N) is 4. The first-order valence-corrected chi connectivity index (χ1v) is 4.63. The van der Waals surface area contributed by atoms with Gasteiger partial charge in [-0.25, -0.2) is 4.98 Å². The molecular weight excluding hydrogens is 281 g/mol. The van der Waals surface area contributed by atoms with E-state index in [-0.39, 0.29) is 0 Å². The molecule has 0 unspecified atom stereocenters. The molecule has 0 spiro atoms. The molecule has 5 nitrogen and oxygen atoms in total. The van der Waals surface area contributed by atoms with E-state index in [1.165, 1.54) is 4.80 Å². The Balaban J connectivity index is 2.53. The topological polar surface area (TPSA) is 69.6 Å². The van der Waals surface area contributed by atoms with Crippen LogP contribution >= 0.6 is 22.6 Å². The molecule has 2 aromatic heterocycles. The third-order valence-corrected chi connectivity index (χ3v) is 2.24. The Labute approximate surface area is 88.1 Å². The van der Waals surface area contributed by atoms with Crippen LogP contribution in [-0.4, -0.2) is 20.0 Å². The lowest BCUT2D eigenvalue weighted by Crippen LogP contribution is -2.04. The van der Waals surface area contributed by atoms with Crippen molar-refractivity contribution in [3.63, 3.8) is 0 Å². The smallest absolute Gasteiger partial charge is 0.187 e. The van der Waals surface area contributed by atoms with Gasteiger partial charge in [0.05, 0.1) is 27.8 Å². The number of hydrogen-bond acceptors (Lipinski definition) is 4. The van der Waals surface area contributed by atoms with E-state index in [1.54, 1.807) is 18.6 Å². The molecule has 2 N–H and O–H groups in total. The van der Waals surface area contributed by atoms with Crippen LogP contribution in [0.1, 0.15) is 0 Å². The van der Waals surface area contributed by atoms with Crippen LogP contribution < -0.4 is 5.73 Å². The first kappa shape index (κ1) is 8.42. The molecule has 0 fully saturated rings. The van der Waals surface area contributed by atoms with Gasteiger partial charge in [0.25, 0.3) is 0 Å². The lowest BCUT2D eigenvalue weighted by atomic mass is 10.4. The third-order valence-electron chi connectivity index (χ3n) is 1.45. The molecule has 0 aliphatic heterocycles. The van der Waals surface area contributed by atoms with Crippen molar-refractivity contribution >= 4 is 28.3 Å². The van der Waals surface area contributed by atoms with Crippen molar-refractivity contribution in [2.75, 3.05) is 5.73 Å². The highest BCUT2D eigenvalue weighted by atomic mass is 127. The molecule has 0 aromatic carbocycles. The van der Waals surface area contributed by atoms with Gasteiger partial charge >= 0.3 is 0 Å². The minimum absolute atomic E-state index is 0.639. The predicted octanol–water partition coefficient (Wildman–Crippen LogP) is 0.849. The van der Waals surface area contributed by atoms with E-state index >= 15 is 0 Å². The summed E-state index contributed by atoms with van der Waals surface area (Å²) < 4.78 is 0.925. The summed E-state index contributed by atoms with van der Waals surface area (Å²) >= 11 is 2.14. The molecule has 0 amide bonds. The Kier molecular flexibility index (Phi) is 2.13. The first-order valence-electron chi connectivity index (χ1n) is 3.55. The summed E-state index contributed by atoms with van der Waals surface area (Å²) in [7, 11) is 0. The van der Waals surface area contributed by atoms with E-state index in [9.17, 15) is 0 Å². The summed E-state index contributed by atoms with van der Waals surface area (Å²) in [6.45, 7) is 0. The van der Waals surface area contributed by atoms with E-state index in [4.69, 9.17) is 5.73 Å². The average molecular weight is 287 g/mol. The highest BCUT2D eigenvalue weighted by Crippen LogP contribution is 2.14. The number of halogens is 1. The molecule has 0 aliphatic rings. The molecule has 0 radical (unpaired) electrons. The first-order chi connectivity index (χ1) is 6.27. The van der Waals surface area contributed by atoms with Crippen molar-refractivity contribution in [2.24, 2.45) is 0 Å². The molecule has 0 saturated carbocycles. The molecule has 2 aromatic rings. The number of nitrogens with two attached hydrogens (primary N) is 1. The van der Waals surface area contributed by atoms with Crippen LogP contribution in [0.4, 0.5) is 5.69 Å². The summed E-state index contributed by atoms with van der Waals surface area (Å²) in [5.74, 6) is 0.694. The fraction of sp³-hybridized carbons (Fsp3) is 0. The van der Waals surface area contributed by atoms with Gasteiger partial charge in [-0.15, -0.1) is 4.80 Å². The Morgan fingerprint density at radius 2 is 2.00 bits per heavy atom. The summed E-state index contributed by atoms with van der Waals surface area (Å²) in [5.41, 5.74) is 6.20. The van der Waals surface area contributed by atoms with Crippen molar-refractivity contribution < 1.29 is 0 Å². The second kappa shape index (κ2) is 3.29. The molecule has 0 aliphatic carbocycles. The molecule has 13 heavy (non-hydrogen) atoms. The van der Waals surface area contributed by atoms with Crippen molar-refractivity contribution in [3.05, 3.63) is 28.2 Å². The number of anilines is 1. The standard InChI is InChI=1S/C7H6IN5/c8-6-3-5(9)4-10-7(6)13-11-1-2-12-13/h1-4H,9H2. The maximum Gasteiger partial charge on any atom is 0.187 e. The molecule has 2 rings (SSSR count). The van der Waals surface area contributed by atoms with Gasteiger partial charge in [0.1, 0.15) is 0 Å². The summed E-state index contributed by atoms with van der Waals surface area (Å²) in [5, 5.41) is 7.95. The summed E-state index contributed by atoms with van der Waals surface area (Å²) in [6, 6.07) is 1.83. The van der Waals surface area contributed by atoms with Gasteiger partial charge in [0.2, 0.25) is 0 Å². The zero-order valence-corrected chi connectivity index (χ0v) is 8.71. The Bertz CT molecular complexity index is 411. The van der Waals surface area contributed by atoms with Crippen molar-refractivity contribution in [1.82, 2.24) is 20.0 Å². The zero-order valence-electron chi connectivity index (χ0n) is 6.55. The number of nitrogen functional groups attached to an aromatic ring is 1. The Morgan fingerprint density at radius 3 is 2.62 bits per heavy atom. The van der Waals surface area contributed by atoms with E-state index in [0.717, 1.165) is 3.57 Å². The molecule has 2 heterocycles. The average Bonchev–Trinajstić information content (AvgIpc) is 2.56. The van der Waals surface area contributed by atoms with Crippen LogP contribution in [0.5, 0.6) is 0 Å². The quantitative estimate of drug-likeness (QED) is 0.789. The van der Waals surface area contributed by atoms with Crippen LogP contribution in [-0.2, 0) is 0 Å². The van der Waals surface area contributed by atoms with E-state index < -0.39 is 0 Å². The SMILES string of the molecule is Nc1cnc(-n2nccn2)c(I)c1. The minimum Gasteiger partial charge on any atom is -0.397 e. The molecule has 0 saturated heterocycles. The molecule has 66 valence electrons. The Morgan fingerprint density at radius 1 is 1.31 bits per heavy atom. The van der Waals surface area contributed by atoms with Crippen LogP contribution in [0.25, 0.3) is 5.82 Å². The number of pyridine rings is 1. The van der Waals surface area contributed by atoms with Gasteiger partial charge in [-0.05, 0) is 28.7 Å². The van der Waals surface area contributed by atoms with Gasteiger partial charge in [0.15, 0.2) is 5.82 Å². The molecular formula is C7H6IN5.